The SMILES string of the molecule is CCc1nc(N)c(C)c(N(C)Cc2cccc(OC)c2)n1. The predicted molar refractivity (Wildman–Crippen MR) is 85.7 cm³/mol. The lowest BCUT2D eigenvalue weighted by atomic mass is 10.2. The number of rotatable bonds is 5. The van der Waals surface area contributed by atoms with E-state index in [4.69, 9.17) is 10.5 Å². The third-order valence-corrected chi connectivity index (χ3v) is 3.44. The first-order valence-electron chi connectivity index (χ1n) is 7.02. The molecule has 0 radical (unpaired) electrons. The molecule has 0 aliphatic heterocycles. The van der Waals surface area contributed by atoms with Gasteiger partial charge < -0.3 is 15.4 Å². The molecule has 112 valence electrons. The fourth-order valence-corrected chi connectivity index (χ4v) is 2.22. The topological polar surface area (TPSA) is 64.3 Å². The molecule has 0 spiro atoms. The first-order chi connectivity index (χ1) is 10.0. The van der Waals surface area contributed by atoms with Gasteiger partial charge in [-0.15, -0.1) is 0 Å². The fourth-order valence-electron chi connectivity index (χ4n) is 2.22. The summed E-state index contributed by atoms with van der Waals surface area (Å²) in [5.41, 5.74) is 8.05. The van der Waals surface area contributed by atoms with Gasteiger partial charge in [0.25, 0.3) is 0 Å². The molecule has 1 heterocycles. The van der Waals surface area contributed by atoms with Gasteiger partial charge in [0.05, 0.1) is 7.11 Å². The maximum absolute atomic E-state index is 5.98. The first kappa shape index (κ1) is 15.1. The molecule has 2 rings (SSSR count). The number of aryl methyl sites for hydroxylation is 1. The summed E-state index contributed by atoms with van der Waals surface area (Å²) in [6, 6.07) is 8.02. The van der Waals surface area contributed by atoms with E-state index in [0.717, 1.165) is 41.5 Å². The summed E-state index contributed by atoms with van der Waals surface area (Å²) in [6.07, 6.45) is 0.768. The number of hydrogen-bond donors (Lipinski definition) is 1. The average Bonchev–Trinajstić information content (AvgIpc) is 2.49. The van der Waals surface area contributed by atoms with Crippen LogP contribution >= 0.6 is 0 Å². The Morgan fingerprint density at radius 1 is 1.29 bits per heavy atom. The molecule has 0 fully saturated rings. The molecule has 21 heavy (non-hydrogen) atoms. The van der Waals surface area contributed by atoms with Crippen molar-refractivity contribution in [3.05, 3.63) is 41.2 Å². The molecule has 2 N–H and O–H groups in total. The second kappa shape index (κ2) is 6.43. The Balaban J connectivity index is 2.27. The minimum atomic E-state index is 0.550. The Kier molecular flexibility index (Phi) is 4.62. The van der Waals surface area contributed by atoms with Gasteiger partial charge in [0.15, 0.2) is 0 Å². The van der Waals surface area contributed by atoms with Crippen LogP contribution in [0.3, 0.4) is 0 Å². The van der Waals surface area contributed by atoms with E-state index in [0.29, 0.717) is 5.82 Å². The lowest BCUT2D eigenvalue weighted by Crippen LogP contribution is -2.20. The van der Waals surface area contributed by atoms with E-state index in [2.05, 4.69) is 20.9 Å². The van der Waals surface area contributed by atoms with E-state index in [1.165, 1.54) is 0 Å². The highest BCUT2D eigenvalue weighted by molar-refractivity contribution is 5.56. The third-order valence-electron chi connectivity index (χ3n) is 3.44. The van der Waals surface area contributed by atoms with Crippen molar-refractivity contribution in [2.75, 3.05) is 24.8 Å². The van der Waals surface area contributed by atoms with Crippen molar-refractivity contribution in [2.24, 2.45) is 0 Å². The normalized spacial score (nSPS) is 10.5. The van der Waals surface area contributed by atoms with Crippen molar-refractivity contribution in [1.29, 1.82) is 0 Å². The number of nitrogens with two attached hydrogens (primary N) is 1. The monoisotopic (exact) mass is 286 g/mol. The molecule has 0 unspecified atom stereocenters. The number of nitrogens with zero attached hydrogens (tertiary/aromatic N) is 3. The molecule has 0 amide bonds. The minimum absolute atomic E-state index is 0.550. The summed E-state index contributed by atoms with van der Waals surface area (Å²) < 4.78 is 5.26. The van der Waals surface area contributed by atoms with Gasteiger partial charge in [0.1, 0.15) is 23.2 Å². The van der Waals surface area contributed by atoms with Crippen LogP contribution in [0.5, 0.6) is 5.75 Å². The summed E-state index contributed by atoms with van der Waals surface area (Å²) in [4.78, 5) is 11.0. The molecule has 2 aromatic rings. The van der Waals surface area contributed by atoms with Crippen molar-refractivity contribution >= 4 is 11.6 Å². The smallest absolute Gasteiger partial charge is 0.137 e. The Hall–Kier alpha value is -2.30. The maximum Gasteiger partial charge on any atom is 0.137 e. The van der Waals surface area contributed by atoms with Gasteiger partial charge in [-0.25, -0.2) is 9.97 Å². The molecule has 0 saturated heterocycles. The molecule has 1 aromatic heterocycles. The van der Waals surface area contributed by atoms with Crippen LogP contribution in [0.4, 0.5) is 11.6 Å². The number of aromatic nitrogens is 2. The van der Waals surface area contributed by atoms with Crippen LogP contribution in [0.2, 0.25) is 0 Å². The number of anilines is 2. The summed E-state index contributed by atoms with van der Waals surface area (Å²) in [6.45, 7) is 4.71. The quantitative estimate of drug-likeness (QED) is 0.915. The Bertz CT molecular complexity index is 628. The fraction of sp³-hybridized carbons (Fsp3) is 0.375. The number of nitrogen functional groups attached to an aromatic ring is 1. The number of methoxy groups -OCH3 is 1. The van der Waals surface area contributed by atoms with Crippen LogP contribution in [0, 0.1) is 6.92 Å². The van der Waals surface area contributed by atoms with Crippen LogP contribution < -0.4 is 15.4 Å². The third kappa shape index (κ3) is 3.42. The summed E-state index contributed by atoms with van der Waals surface area (Å²) in [7, 11) is 3.68. The standard InChI is InChI=1S/C16H22N4O/c1-5-14-18-15(17)11(2)16(19-14)20(3)10-12-7-6-8-13(9-12)21-4/h6-9H,5,10H2,1-4H3,(H2,17,18,19). The van der Waals surface area contributed by atoms with Crippen LogP contribution in [0.25, 0.3) is 0 Å². The molecular formula is C16H22N4O. The molecule has 0 aliphatic carbocycles. The van der Waals surface area contributed by atoms with Crippen molar-refractivity contribution in [3.63, 3.8) is 0 Å². The molecular weight excluding hydrogens is 264 g/mol. The zero-order valence-corrected chi connectivity index (χ0v) is 13.1. The highest BCUT2D eigenvalue weighted by atomic mass is 16.5. The van der Waals surface area contributed by atoms with Crippen molar-refractivity contribution in [2.45, 2.75) is 26.8 Å². The second-order valence-electron chi connectivity index (χ2n) is 5.03. The molecule has 0 saturated carbocycles. The molecule has 1 aromatic carbocycles. The zero-order chi connectivity index (χ0) is 15.4. The molecule has 5 heteroatoms. The average molecular weight is 286 g/mol. The van der Waals surface area contributed by atoms with Crippen molar-refractivity contribution in [1.82, 2.24) is 9.97 Å². The van der Waals surface area contributed by atoms with E-state index < -0.39 is 0 Å². The summed E-state index contributed by atoms with van der Waals surface area (Å²) in [5.74, 6) is 3.05. The highest BCUT2D eigenvalue weighted by Gasteiger charge is 2.12. The van der Waals surface area contributed by atoms with E-state index >= 15 is 0 Å². The molecule has 0 aliphatic rings. The van der Waals surface area contributed by atoms with Gasteiger partial charge >= 0.3 is 0 Å². The lowest BCUT2D eigenvalue weighted by Gasteiger charge is -2.21. The second-order valence-corrected chi connectivity index (χ2v) is 5.03. The Morgan fingerprint density at radius 2 is 2.05 bits per heavy atom. The maximum atomic E-state index is 5.98. The Labute approximate surface area is 125 Å². The van der Waals surface area contributed by atoms with Gasteiger partial charge in [0, 0.05) is 25.6 Å². The van der Waals surface area contributed by atoms with Crippen LogP contribution in [-0.2, 0) is 13.0 Å². The largest absolute Gasteiger partial charge is 0.497 e. The predicted octanol–water partition coefficient (Wildman–Crippen LogP) is 2.57. The van der Waals surface area contributed by atoms with Crippen molar-refractivity contribution in [3.8, 4) is 5.75 Å². The van der Waals surface area contributed by atoms with Gasteiger partial charge in [-0.3, -0.25) is 0 Å². The molecule has 0 bridgehead atoms. The van der Waals surface area contributed by atoms with E-state index in [9.17, 15) is 0 Å². The van der Waals surface area contributed by atoms with Crippen molar-refractivity contribution < 1.29 is 4.74 Å². The minimum Gasteiger partial charge on any atom is -0.497 e. The number of hydrogen-bond acceptors (Lipinski definition) is 5. The lowest BCUT2D eigenvalue weighted by molar-refractivity contribution is 0.414. The van der Waals surface area contributed by atoms with E-state index in [1.807, 2.05) is 39.1 Å². The van der Waals surface area contributed by atoms with E-state index in [-0.39, 0.29) is 0 Å². The molecule has 0 atom stereocenters. The number of ether oxygens (including phenoxy) is 1. The highest BCUT2D eigenvalue weighted by Crippen LogP contribution is 2.23. The van der Waals surface area contributed by atoms with Gasteiger partial charge in [-0.2, -0.15) is 0 Å². The molecule has 5 nitrogen and oxygen atoms in total. The van der Waals surface area contributed by atoms with Gasteiger partial charge in [0.2, 0.25) is 0 Å². The Morgan fingerprint density at radius 3 is 2.71 bits per heavy atom. The van der Waals surface area contributed by atoms with Gasteiger partial charge in [-0.05, 0) is 24.6 Å². The summed E-state index contributed by atoms with van der Waals surface area (Å²) in [5, 5.41) is 0. The first-order valence-corrected chi connectivity index (χ1v) is 7.02. The van der Waals surface area contributed by atoms with E-state index in [1.54, 1.807) is 7.11 Å². The number of benzene rings is 1. The van der Waals surface area contributed by atoms with Crippen LogP contribution in [0.1, 0.15) is 23.9 Å². The summed E-state index contributed by atoms with van der Waals surface area (Å²) >= 11 is 0. The zero-order valence-electron chi connectivity index (χ0n) is 13.1. The van der Waals surface area contributed by atoms with Crippen LogP contribution in [-0.4, -0.2) is 24.1 Å². The van der Waals surface area contributed by atoms with Crippen LogP contribution in [0.15, 0.2) is 24.3 Å². The van der Waals surface area contributed by atoms with Gasteiger partial charge in [-0.1, -0.05) is 19.1 Å².